The van der Waals surface area contributed by atoms with Crippen molar-refractivity contribution in [1.82, 2.24) is 25.3 Å². The number of aryl methyl sites for hydroxylation is 1. The first-order valence-electron chi connectivity index (χ1n) is 8.95. The van der Waals surface area contributed by atoms with Crippen molar-refractivity contribution in [3.8, 4) is 11.3 Å². The van der Waals surface area contributed by atoms with Gasteiger partial charge in [-0.3, -0.25) is 9.59 Å². The van der Waals surface area contributed by atoms with Crippen LogP contribution in [0.3, 0.4) is 0 Å². The van der Waals surface area contributed by atoms with Crippen LogP contribution in [-0.4, -0.2) is 39.4 Å². The van der Waals surface area contributed by atoms with Gasteiger partial charge in [0.25, 0.3) is 11.5 Å². The Balaban J connectivity index is 1.77. The van der Waals surface area contributed by atoms with Crippen molar-refractivity contribution >= 4 is 11.7 Å². The average Bonchev–Trinajstić information content (AvgIpc) is 2.71. The quantitative estimate of drug-likeness (QED) is 0.679. The van der Waals surface area contributed by atoms with Crippen LogP contribution in [0.15, 0.2) is 47.5 Å². The number of amides is 1. The Morgan fingerprint density at radius 1 is 1.21 bits per heavy atom. The molecule has 0 saturated heterocycles. The zero-order chi connectivity index (χ0) is 20.1. The summed E-state index contributed by atoms with van der Waals surface area (Å²) in [6.45, 7) is 4.74. The third-order valence-electron chi connectivity index (χ3n) is 4.28. The van der Waals surface area contributed by atoms with Gasteiger partial charge in [0, 0.05) is 36.9 Å². The van der Waals surface area contributed by atoms with Crippen molar-refractivity contribution in [2.75, 3.05) is 18.5 Å². The van der Waals surface area contributed by atoms with Gasteiger partial charge in [-0.05, 0) is 26.0 Å². The molecule has 0 fully saturated rings. The minimum Gasteiger partial charge on any atom is -0.360 e. The van der Waals surface area contributed by atoms with Gasteiger partial charge >= 0.3 is 0 Å². The molecular formula is C20H22N6O2. The highest BCUT2D eigenvalue weighted by molar-refractivity contribution is 5.95. The van der Waals surface area contributed by atoms with Gasteiger partial charge in [0.1, 0.15) is 18.0 Å². The maximum absolute atomic E-state index is 12.5. The van der Waals surface area contributed by atoms with Crippen LogP contribution < -0.4 is 15.8 Å². The van der Waals surface area contributed by atoms with Crippen molar-refractivity contribution in [1.29, 1.82) is 0 Å². The molecule has 0 aliphatic rings. The van der Waals surface area contributed by atoms with Gasteiger partial charge in [-0.25, -0.2) is 15.0 Å². The number of anilines is 1. The predicted octanol–water partition coefficient (Wildman–Crippen LogP) is 1.92. The maximum atomic E-state index is 12.5. The summed E-state index contributed by atoms with van der Waals surface area (Å²) in [6, 6.07) is 10.5. The zero-order valence-electron chi connectivity index (χ0n) is 16.1. The topological polar surface area (TPSA) is 104 Å². The van der Waals surface area contributed by atoms with Crippen LogP contribution >= 0.6 is 0 Å². The normalized spacial score (nSPS) is 10.5. The number of hydrogen-bond donors (Lipinski definition) is 2. The zero-order valence-corrected chi connectivity index (χ0v) is 16.1. The number of H-pyrrole nitrogens is 1. The minimum absolute atomic E-state index is 0.173. The van der Waals surface area contributed by atoms with E-state index in [9.17, 15) is 9.59 Å². The summed E-state index contributed by atoms with van der Waals surface area (Å²) in [4.78, 5) is 41.4. The highest BCUT2D eigenvalue weighted by Gasteiger charge is 2.10. The highest BCUT2D eigenvalue weighted by Crippen LogP contribution is 2.21. The molecule has 8 nitrogen and oxygen atoms in total. The Morgan fingerprint density at radius 2 is 2.04 bits per heavy atom. The Kier molecular flexibility index (Phi) is 5.78. The molecule has 0 bridgehead atoms. The van der Waals surface area contributed by atoms with Crippen LogP contribution in [0.4, 0.5) is 5.82 Å². The first-order valence-corrected chi connectivity index (χ1v) is 8.95. The van der Waals surface area contributed by atoms with Crippen LogP contribution in [0.2, 0.25) is 0 Å². The summed E-state index contributed by atoms with van der Waals surface area (Å²) < 4.78 is 0. The molecule has 0 radical (unpaired) electrons. The third-order valence-corrected chi connectivity index (χ3v) is 4.28. The van der Waals surface area contributed by atoms with E-state index in [2.05, 4.69) is 25.3 Å². The van der Waals surface area contributed by atoms with Crippen LogP contribution in [-0.2, 0) is 6.54 Å². The molecule has 2 aromatic heterocycles. The second kappa shape index (κ2) is 8.43. The fourth-order valence-electron chi connectivity index (χ4n) is 2.70. The molecule has 0 unspecified atom stereocenters. The molecule has 0 aliphatic heterocycles. The second-order valence-electron chi connectivity index (χ2n) is 6.36. The van der Waals surface area contributed by atoms with E-state index in [1.54, 1.807) is 19.1 Å². The van der Waals surface area contributed by atoms with Crippen LogP contribution in [0, 0.1) is 6.92 Å². The molecule has 2 heterocycles. The van der Waals surface area contributed by atoms with E-state index >= 15 is 0 Å². The average molecular weight is 378 g/mol. The standard InChI is InChI=1S/C20H22N6O2/c1-4-26(3)18-10-17(22-12-23-18)14-6-5-7-15(8-14)20(28)21-11-16-9-19(27)25-13(2)24-16/h5-10,12H,4,11H2,1-3H3,(H,21,28)(H,24,25,27). The fraction of sp³-hybridized carbons (Fsp3) is 0.250. The van der Waals surface area contributed by atoms with Gasteiger partial charge in [0.15, 0.2) is 0 Å². The van der Waals surface area contributed by atoms with E-state index < -0.39 is 0 Å². The second-order valence-corrected chi connectivity index (χ2v) is 6.36. The molecule has 3 aromatic rings. The van der Waals surface area contributed by atoms with E-state index in [0.29, 0.717) is 17.1 Å². The third kappa shape index (κ3) is 4.59. The lowest BCUT2D eigenvalue weighted by Gasteiger charge is -2.15. The maximum Gasteiger partial charge on any atom is 0.251 e. The van der Waals surface area contributed by atoms with E-state index in [1.165, 1.54) is 12.4 Å². The number of carbonyl (C=O) groups excluding carboxylic acids is 1. The summed E-state index contributed by atoms with van der Waals surface area (Å²) in [7, 11) is 1.96. The molecule has 3 rings (SSSR count). The number of aromatic amines is 1. The van der Waals surface area contributed by atoms with Crippen molar-refractivity contribution in [2.24, 2.45) is 0 Å². The molecule has 144 valence electrons. The summed E-state index contributed by atoms with van der Waals surface area (Å²) in [6.07, 6.45) is 1.52. The van der Waals surface area contributed by atoms with Crippen molar-refractivity contribution in [3.05, 3.63) is 70.2 Å². The van der Waals surface area contributed by atoms with Crippen LogP contribution in [0.5, 0.6) is 0 Å². The first-order chi connectivity index (χ1) is 13.5. The van der Waals surface area contributed by atoms with E-state index in [1.807, 2.05) is 37.1 Å². The largest absolute Gasteiger partial charge is 0.360 e. The molecule has 1 aromatic carbocycles. The highest BCUT2D eigenvalue weighted by atomic mass is 16.1. The molecule has 8 heteroatoms. The monoisotopic (exact) mass is 378 g/mol. The predicted molar refractivity (Wildman–Crippen MR) is 107 cm³/mol. The van der Waals surface area contributed by atoms with Gasteiger partial charge in [0.05, 0.1) is 17.9 Å². The van der Waals surface area contributed by atoms with Crippen LogP contribution in [0.25, 0.3) is 11.3 Å². The molecule has 0 atom stereocenters. The Bertz CT molecular complexity index is 1050. The lowest BCUT2D eigenvalue weighted by atomic mass is 10.1. The van der Waals surface area contributed by atoms with Crippen molar-refractivity contribution < 1.29 is 4.79 Å². The van der Waals surface area contributed by atoms with E-state index in [-0.39, 0.29) is 18.0 Å². The lowest BCUT2D eigenvalue weighted by molar-refractivity contribution is 0.0950. The summed E-state index contributed by atoms with van der Waals surface area (Å²) in [5.74, 6) is 1.08. The Labute approximate surface area is 162 Å². The van der Waals surface area contributed by atoms with Crippen molar-refractivity contribution in [2.45, 2.75) is 20.4 Å². The van der Waals surface area contributed by atoms with E-state index in [0.717, 1.165) is 23.6 Å². The number of carbonyl (C=O) groups is 1. The molecule has 1 amide bonds. The number of nitrogens with zero attached hydrogens (tertiary/aromatic N) is 4. The lowest BCUT2D eigenvalue weighted by Crippen LogP contribution is -2.24. The molecule has 0 aliphatic carbocycles. The van der Waals surface area contributed by atoms with Gasteiger partial charge in [-0.15, -0.1) is 0 Å². The number of rotatable bonds is 6. The van der Waals surface area contributed by atoms with Gasteiger partial charge in [0.2, 0.25) is 0 Å². The fourth-order valence-corrected chi connectivity index (χ4v) is 2.70. The van der Waals surface area contributed by atoms with Crippen molar-refractivity contribution in [3.63, 3.8) is 0 Å². The summed E-state index contributed by atoms with van der Waals surface area (Å²) in [5, 5.41) is 2.79. The molecular weight excluding hydrogens is 356 g/mol. The van der Waals surface area contributed by atoms with Gasteiger partial charge < -0.3 is 15.2 Å². The Hall–Kier alpha value is -3.55. The SMILES string of the molecule is CCN(C)c1cc(-c2cccc(C(=O)NCc3cc(=O)[nH]c(C)n3)c2)ncn1. The molecule has 2 N–H and O–H groups in total. The first kappa shape index (κ1) is 19.2. The smallest absolute Gasteiger partial charge is 0.251 e. The molecule has 0 spiro atoms. The Morgan fingerprint density at radius 3 is 2.79 bits per heavy atom. The number of nitrogens with one attached hydrogen (secondary N) is 2. The number of aromatic nitrogens is 4. The van der Waals surface area contributed by atoms with Gasteiger partial charge in [-0.1, -0.05) is 12.1 Å². The molecule has 0 saturated carbocycles. The van der Waals surface area contributed by atoms with Crippen LogP contribution in [0.1, 0.15) is 28.8 Å². The van der Waals surface area contributed by atoms with E-state index in [4.69, 9.17) is 0 Å². The number of hydrogen-bond acceptors (Lipinski definition) is 6. The van der Waals surface area contributed by atoms with Gasteiger partial charge in [-0.2, -0.15) is 0 Å². The number of benzene rings is 1. The summed E-state index contributed by atoms with van der Waals surface area (Å²) in [5.41, 5.74) is 2.34. The minimum atomic E-state index is -0.249. The summed E-state index contributed by atoms with van der Waals surface area (Å²) >= 11 is 0. The molecule has 28 heavy (non-hydrogen) atoms.